The van der Waals surface area contributed by atoms with Crippen molar-refractivity contribution in [2.45, 2.75) is 18.9 Å². The smallest absolute Gasteiger partial charge is 0.0992 e. The highest BCUT2D eigenvalue weighted by molar-refractivity contribution is 14.1. The molecule has 0 unspecified atom stereocenters. The van der Waals surface area contributed by atoms with Gasteiger partial charge in [0.05, 0.1) is 15.9 Å². The first-order chi connectivity index (χ1) is 5.88. The molecule has 0 aliphatic carbocycles. The third-order valence-electron chi connectivity index (χ3n) is 2.16. The number of halogens is 1. The number of rotatable bonds is 1. The van der Waals surface area contributed by atoms with E-state index in [-0.39, 0.29) is 0 Å². The molecule has 0 aromatic carbocycles. The van der Waals surface area contributed by atoms with E-state index in [9.17, 15) is 0 Å². The Kier molecular flexibility index (Phi) is 2.65. The van der Waals surface area contributed by atoms with Crippen molar-refractivity contribution in [3.8, 4) is 0 Å². The normalized spacial score (nSPS) is 19.8. The molecule has 1 aliphatic rings. The molecule has 0 N–H and O–H groups in total. The predicted molar refractivity (Wildman–Crippen MR) is 54.0 cm³/mol. The average Bonchev–Trinajstić information content (AvgIpc) is 2.53. The average molecular weight is 278 g/mol. The minimum Gasteiger partial charge on any atom is -0.381 e. The molecule has 3 nitrogen and oxygen atoms in total. The van der Waals surface area contributed by atoms with Gasteiger partial charge >= 0.3 is 0 Å². The van der Waals surface area contributed by atoms with Gasteiger partial charge in [-0.1, -0.05) is 0 Å². The predicted octanol–water partition coefficient (Wildman–Crippen LogP) is 1.84. The molecule has 0 spiro atoms. The standard InChI is InChI=1S/C8H11IN2O/c9-8-1-4-10-11(8)7-2-5-12-6-3-7/h1,4,7H,2-3,5-6H2. The lowest BCUT2D eigenvalue weighted by atomic mass is 10.1. The fourth-order valence-electron chi connectivity index (χ4n) is 1.50. The third-order valence-corrected chi connectivity index (χ3v) is 3.01. The van der Waals surface area contributed by atoms with Crippen LogP contribution in [0, 0.1) is 3.70 Å². The number of aromatic nitrogens is 2. The van der Waals surface area contributed by atoms with Gasteiger partial charge < -0.3 is 4.74 Å². The van der Waals surface area contributed by atoms with Crippen LogP contribution < -0.4 is 0 Å². The van der Waals surface area contributed by atoms with Crippen LogP contribution in [0.5, 0.6) is 0 Å². The van der Waals surface area contributed by atoms with Crippen LogP contribution in [0.25, 0.3) is 0 Å². The molecule has 1 saturated heterocycles. The van der Waals surface area contributed by atoms with Gasteiger partial charge in [0.15, 0.2) is 0 Å². The monoisotopic (exact) mass is 278 g/mol. The van der Waals surface area contributed by atoms with Crippen LogP contribution in [0.2, 0.25) is 0 Å². The Hall–Kier alpha value is -0.100. The summed E-state index contributed by atoms with van der Waals surface area (Å²) in [5, 5.41) is 4.29. The Morgan fingerprint density at radius 1 is 1.50 bits per heavy atom. The van der Waals surface area contributed by atoms with Crippen molar-refractivity contribution < 1.29 is 4.74 Å². The topological polar surface area (TPSA) is 27.1 Å². The van der Waals surface area contributed by atoms with Crippen LogP contribution in [0.3, 0.4) is 0 Å². The Morgan fingerprint density at radius 3 is 2.83 bits per heavy atom. The van der Waals surface area contributed by atoms with Crippen molar-refractivity contribution in [2.24, 2.45) is 0 Å². The summed E-state index contributed by atoms with van der Waals surface area (Å²) in [7, 11) is 0. The second-order valence-electron chi connectivity index (χ2n) is 2.94. The van der Waals surface area contributed by atoms with Gasteiger partial charge in [-0.25, -0.2) is 0 Å². The Morgan fingerprint density at radius 2 is 2.25 bits per heavy atom. The zero-order valence-electron chi connectivity index (χ0n) is 6.74. The van der Waals surface area contributed by atoms with E-state index in [1.165, 1.54) is 3.70 Å². The molecule has 2 heterocycles. The second-order valence-corrected chi connectivity index (χ2v) is 4.05. The minimum atomic E-state index is 0.556. The summed E-state index contributed by atoms with van der Waals surface area (Å²) in [6, 6.07) is 2.59. The summed E-state index contributed by atoms with van der Waals surface area (Å²) in [5.74, 6) is 0. The molecule has 0 bridgehead atoms. The molecule has 2 rings (SSSR count). The summed E-state index contributed by atoms with van der Waals surface area (Å²) >= 11 is 2.32. The SMILES string of the molecule is Ic1ccnn1C1CCOCC1. The summed E-state index contributed by atoms with van der Waals surface area (Å²) in [6.07, 6.45) is 4.05. The van der Waals surface area contributed by atoms with Crippen molar-refractivity contribution in [2.75, 3.05) is 13.2 Å². The summed E-state index contributed by atoms with van der Waals surface area (Å²) in [4.78, 5) is 0. The maximum Gasteiger partial charge on any atom is 0.0992 e. The number of hydrogen-bond donors (Lipinski definition) is 0. The van der Waals surface area contributed by atoms with E-state index in [1.54, 1.807) is 0 Å². The van der Waals surface area contributed by atoms with E-state index >= 15 is 0 Å². The molecule has 1 aromatic rings. The van der Waals surface area contributed by atoms with Crippen molar-refractivity contribution in [1.29, 1.82) is 0 Å². The lowest BCUT2D eigenvalue weighted by molar-refractivity contribution is 0.0655. The second kappa shape index (κ2) is 3.74. The number of nitrogens with zero attached hydrogens (tertiary/aromatic N) is 2. The fraction of sp³-hybridized carbons (Fsp3) is 0.625. The van der Waals surface area contributed by atoms with Gasteiger partial charge in [0, 0.05) is 13.2 Å². The Balaban J connectivity index is 2.13. The van der Waals surface area contributed by atoms with Crippen LogP contribution in [-0.4, -0.2) is 23.0 Å². The molecule has 66 valence electrons. The van der Waals surface area contributed by atoms with Crippen molar-refractivity contribution in [1.82, 2.24) is 9.78 Å². The highest BCUT2D eigenvalue weighted by atomic mass is 127. The Bertz CT molecular complexity index is 255. The molecule has 12 heavy (non-hydrogen) atoms. The molecule has 1 aliphatic heterocycles. The van der Waals surface area contributed by atoms with E-state index in [0.717, 1.165) is 26.1 Å². The maximum absolute atomic E-state index is 5.29. The van der Waals surface area contributed by atoms with E-state index in [4.69, 9.17) is 4.74 Å². The molecular formula is C8H11IN2O. The van der Waals surface area contributed by atoms with Gasteiger partial charge in [-0.05, 0) is 41.5 Å². The first kappa shape index (κ1) is 8.50. The van der Waals surface area contributed by atoms with Gasteiger partial charge in [0.1, 0.15) is 0 Å². The third kappa shape index (κ3) is 1.64. The molecule has 1 fully saturated rings. The van der Waals surface area contributed by atoms with Crippen LogP contribution in [-0.2, 0) is 4.74 Å². The molecule has 4 heteroatoms. The molecule has 0 radical (unpaired) electrons. The van der Waals surface area contributed by atoms with E-state index < -0.39 is 0 Å². The maximum atomic E-state index is 5.29. The van der Waals surface area contributed by atoms with E-state index in [0.29, 0.717) is 6.04 Å². The van der Waals surface area contributed by atoms with Gasteiger partial charge in [-0.15, -0.1) is 0 Å². The zero-order chi connectivity index (χ0) is 8.39. The zero-order valence-corrected chi connectivity index (χ0v) is 8.90. The fourth-order valence-corrected chi connectivity index (χ4v) is 2.18. The van der Waals surface area contributed by atoms with Crippen LogP contribution in [0.15, 0.2) is 12.3 Å². The van der Waals surface area contributed by atoms with Crippen molar-refractivity contribution in [3.05, 3.63) is 16.0 Å². The van der Waals surface area contributed by atoms with E-state index in [1.807, 2.05) is 12.3 Å². The summed E-state index contributed by atoms with van der Waals surface area (Å²) < 4.78 is 8.62. The van der Waals surface area contributed by atoms with Crippen molar-refractivity contribution >= 4 is 22.6 Å². The Labute approximate surface area is 85.2 Å². The molecule has 0 atom stereocenters. The lowest BCUT2D eigenvalue weighted by Gasteiger charge is -2.22. The molecular weight excluding hydrogens is 267 g/mol. The number of hydrogen-bond acceptors (Lipinski definition) is 2. The minimum absolute atomic E-state index is 0.556. The first-order valence-electron chi connectivity index (χ1n) is 4.14. The van der Waals surface area contributed by atoms with Crippen LogP contribution in [0.4, 0.5) is 0 Å². The van der Waals surface area contributed by atoms with Crippen LogP contribution >= 0.6 is 22.6 Å². The van der Waals surface area contributed by atoms with Gasteiger partial charge in [-0.2, -0.15) is 5.10 Å². The summed E-state index contributed by atoms with van der Waals surface area (Å²) in [6.45, 7) is 1.75. The summed E-state index contributed by atoms with van der Waals surface area (Å²) in [5.41, 5.74) is 0. The molecule has 1 aromatic heterocycles. The first-order valence-corrected chi connectivity index (χ1v) is 5.22. The molecule has 0 amide bonds. The largest absolute Gasteiger partial charge is 0.381 e. The molecule has 0 saturated carbocycles. The van der Waals surface area contributed by atoms with Crippen LogP contribution in [0.1, 0.15) is 18.9 Å². The van der Waals surface area contributed by atoms with Crippen molar-refractivity contribution in [3.63, 3.8) is 0 Å². The lowest BCUT2D eigenvalue weighted by Crippen LogP contribution is -2.21. The van der Waals surface area contributed by atoms with Gasteiger partial charge in [0.25, 0.3) is 0 Å². The highest BCUT2D eigenvalue weighted by Crippen LogP contribution is 2.21. The number of ether oxygens (including phenoxy) is 1. The van der Waals surface area contributed by atoms with Gasteiger partial charge in [-0.3, -0.25) is 4.68 Å². The quantitative estimate of drug-likeness (QED) is 0.733. The van der Waals surface area contributed by atoms with E-state index in [2.05, 4.69) is 32.4 Å². The highest BCUT2D eigenvalue weighted by Gasteiger charge is 2.17. The van der Waals surface area contributed by atoms with Gasteiger partial charge in [0.2, 0.25) is 0 Å².